The van der Waals surface area contributed by atoms with E-state index in [2.05, 4.69) is 18.6 Å². The van der Waals surface area contributed by atoms with Crippen LogP contribution in [-0.4, -0.2) is 8.42 Å². The van der Waals surface area contributed by atoms with Crippen molar-refractivity contribution in [2.24, 2.45) is 5.73 Å². The summed E-state index contributed by atoms with van der Waals surface area (Å²) in [6, 6.07) is 10.2. The molecule has 3 N–H and O–H groups in total. The number of nitrogens with one attached hydrogen (secondary N) is 1. The third kappa shape index (κ3) is 3.20. The molecule has 20 heavy (non-hydrogen) atoms. The van der Waals surface area contributed by atoms with Crippen LogP contribution in [0.1, 0.15) is 31.1 Å². The standard InChI is InChI=1S/C14H18N2O3S/c1-10(2)11-3-5-12(6-4-11)16-20(17,18)14-8-7-13(9-15)19-14/h3-8,10,16H,9,15H2,1-2H3. The van der Waals surface area contributed by atoms with E-state index in [1.807, 2.05) is 12.1 Å². The predicted molar refractivity (Wildman–Crippen MR) is 77.9 cm³/mol. The Balaban J connectivity index is 2.19. The smallest absolute Gasteiger partial charge is 0.295 e. The molecule has 0 unspecified atom stereocenters. The molecule has 0 spiro atoms. The van der Waals surface area contributed by atoms with Gasteiger partial charge in [0.1, 0.15) is 5.76 Å². The minimum Gasteiger partial charge on any atom is -0.446 e. The summed E-state index contributed by atoms with van der Waals surface area (Å²) in [6.07, 6.45) is 0. The van der Waals surface area contributed by atoms with E-state index in [9.17, 15) is 8.42 Å². The zero-order valence-corrected chi connectivity index (χ0v) is 12.3. The highest BCUT2D eigenvalue weighted by Crippen LogP contribution is 2.21. The third-order valence-electron chi connectivity index (χ3n) is 2.93. The van der Waals surface area contributed by atoms with E-state index in [-0.39, 0.29) is 11.6 Å². The van der Waals surface area contributed by atoms with Crippen molar-refractivity contribution < 1.29 is 12.8 Å². The lowest BCUT2D eigenvalue weighted by Gasteiger charge is -2.08. The van der Waals surface area contributed by atoms with Gasteiger partial charge >= 0.3 is 0 Å². The molecule has 0 saturated heterocycles. The van der Waals surface area contributed by atoms with Gasteiger partial charge in [0.05, 0.1) is 6.54 Å². The van der Waals surface area contributed by atoms with Crippen LogP contribution in [0.4, 0.5) is 5.69 Å². The zero-order valence-electron chi connectivity index (χ0n) is 11.5. The number of nitrogens with two attached hydrogens (primary N) is 1. The van der Waals surface area contributed by atoms with Crippen molar-refractivity contribution in [3.8, 4) is 0 Å². The first-order valence-electron chi connectivity index (χ1n) is 6.34. The summed E-state index contributed by atoms with van der Waals surface area (Å²) in [7, 11) is -3.71. The van der Waals surface area contributed by atoms with Crippen molar-refractivity contribution in [1.82, 2.24) is 0 Å². The SMILES string of the molecule is CC(C)c1ccc(NS(=O)(=O)c2ccc(CN)o2)cc1. The second-order valence-corrected chi connectivity index (χ2v) is 6.42. The number of anilines is 1. The Morgan fingerprint density at radius 2 is 1.80 bits per heavy atom. The molecule has 0 aliphatic carbocycles. The summed E-state index contributed by atoms with van der Waals surface area (Å²) in [5.74, 6) is 0.832. The molecular weight excluding hydrogens is 276 g/mol. The van der Waals surface area contributed by atoms with Gasteiger partial charge < -0.3 is 10.2 Å². The van der Waals surface area contributed by atoms with Crippen LogP contribution in [0.3, 0.4) is 0 Å². The molecule has 0 saturated carbocycles. The van der Waals surface area contributed by atoms with Crippen molar-refractivity contribution in [2.75, 3.05) is 4.72 Å². The zero-order chi connectivity index (χ0) is 14.8. The maximum Gasteiger partial charge on any atom is 0.295 e. The Morgan fingerprint density at radius 1 is 1.15 bits per heavy atom. The second kappa shape index (κ2) is 5.68. The van der Waals surface area contributed by atoms with Gasteiger partial charge in [0.2, 0.25) is 5.09 Å². The van der Waals surface area contributed by atoms with Gasteiger partial charge in [0.15, 0.2) is 0 Å². The monoisotopic (exact) mass is 294 g/mol. The van der Waals surface area contributed by atoms with E-state index in [4.69, 9.17) is 10.2 Å². The lowest BCUT2D eigenvalue weighted by Crippen LogP contribution is -2.12. The van der Waals surface area contributed by atoms with Crippen LogP contribution in [0.25, 0.3) is 0 Å². The average molecular weight is 294 g/mol. The number of sulfonamides is 1. The molecule has 0 amide bonds. The van der Waals surface area contributed by atoms with E-state index in [0.717, 1.165) is 5.56 Å². The average Bonchev–Trinajstić information content (AvgIpc) is 2.88. The Morgan fingerprint density at radius 3 is 2.30 bits per heavy atom. The van der Waals surface area contributed by atoms with Crippen LogP contribution in [-0.2, 0) is 16.6 Å². The second-order valence-electron chi connectivity index (χ2n) is 4.81. The lowest BCUT2D eigenvalue weighted by atomic mass is 10.0. The molecule has 2 aromatic rings. The van der Waals surface area contributed by atoms with Gasteiger partial charge in [0, 0.05) is 5.69 Å². The number of furan rings is 1. The Bertz CT molecular complexity index is 673. The molecule has 0 bridgehead atoms. The first-order valence-corrected chi connectivity index (χ1v) is 7.82. The van der Waals surface area contributed by atoms with E-state index in [0.29, 0.717) is 17.4 Å². The van der Waals surface area contributed by atoms with Gasteiger partial charge in [-0.05, 0) is 35.7 Å². The number of hydrogen-bond donors (Lipinski definition) is 2. The number of rotatable bonds is 5. The Hall–Kier alpha value is -1.79. The van der Waals surface area contributed by atoms with Gasteiger partial charge in [0.25, 0.3) is 10.0 Å². The molecule has 6 heteroatoms. The summed E-state index contributed by atoms with van der Waals surface area (Å²) < 4.78 is 31.8. The van der Waals surface area contributed by atoms with Crippen LogP contribution in [0, 0.1) is 0 Å². The lowest BCUT2D eigenvalue weighted by molar-refractivity contribution is 0.417. The van der Waals surface area contributed by atoms with Crippen LogP contribution < -0.4 is 10.5 Å². The summed E-state index contributed by atoms with van der Waals surface area (Å²) in [5, 5.41) is -0.133. The summed E-state index contributed by atoms with van der Waals surface area (Å²) in [4.78, 5) is 0. The first-order chi connectivity index (χ1) is 9.42. The van der Waals surface area contributed by atoms with Crippen LogP contribution >= 0.6 is 0 Å². The van der Waals surface area contributed by atoms with E-state index in [1.54, 1.807) is 18.2 Å². The van der Waals surface area contributed by atoms with Crippen molar-refractivity contribution >= 4 is 15.7 Å². The van der Waals surface area contributed by atoms with Crippen molar-refractivity contribution in [3.63, 3.8) is 0 Å². The fraction of sp³-hybridized carbons (Fsp3) is 0.286. The molecule has 0 atom stereocenters. The van der Waals surface area contributed by atoms with Crippen molar-refractivity contribution in [3.05, 3.63) is 47.7 Å². The molecule has 0 fully saturated rings. The summed E-state index contributed by atoms with van der Waals surface area (Å²) >= 11 is 0. The fourth-order valence-electron chi connectivity index (χ4n) is 1.75. The molecule has 0 radical (unpaired) electrons. The molecule has 5 nitrogen and oxygen atoms in total. The molecule has 0 aliphatic rings. The quantitative estimate of drug-likeness (QED) is 0.887. The van der Waals surface area contributed by atoms with E-state index in [1.165, 1.54) is 6.07 Å². The van der Waals surface area contributed by atoms with E-state index < -0.39 is 10.0 Å². The highest BCUT2D eigenvalue weighted by Gasteiger charge is 2.18. The molecule has 0 aliphatic heterocycles. The normalized spacial score (nSPS) is 11.8. The van der Waals surface area contributed by atoms with Gasteiger partial charge in [-0.1, -0.05) is 26.0 Å². The topological polar surface area (TPSA) is 85.3 Å². The van der Waals surface area contributed by atoms with Crippen molar-refractivity contribution in [1.29, 1.82) is 0 Å². The maximum absolute atomic E-state index is 12.1. The third-order valence-corrected chi connectivity index (χ3v) is 4.19. The summed E-state index contributed by atoms with van der Waals surface area (Å²) in [5.41, 5.74) is 7.04. The van der Waals surface area contributed by atoms with Gasteiger partial charge in [-0.25, -0.2) is 0 Å². The van der Waals surface area contributed by atoms with Gasteiger partial charge in [-0.2, -0.15) is 8.42 Å². The maximum atomic E-state index is 12.1. The highest BCUT2D eigenvalue weighted by molar-refractivity contribution is 7.92. The molecule has 1 aromatic carbocycles. The highest BCUT2D eigenvalue weighted by atomic mass is 32.2. The Labute approximate surface area is 118 Å². The minimum absolute atomic E-state index is 0.133. The Kier molecular flexibility index (Phi) is 4.15. The molecular formula is C14H18N2O3S. The van der Waals surface area contributed by atoms with Crippen molar-refractivity contribution in [2.45, 2.75) is 31.4 Å². The molecule has 1 heterocycles. The molecule has 2 rings (SSSR count). The first kappa shape index (κ1) is 14.6. The number of benzene rings is 1. The van der Waals surface area contributed by atoms with Crippen LogP contribution in [0.5, 0.6) is 0 Å². The molecule has 1 aromatic heterocycles. The number of hydrogen-bond acceptors (Lipinski definition) is 4. The predicted octanol–water partition coefficient (Wildman–Crippen LogP) is 2.66. The van der Waals surface area contributed by atoms with Crippen LogP contribution in [0.2, 0.25) is 0 Å². The summed E-state index contributed by atoms with van der Waals surface area (Å²) in [6.45, 7) is 4.32. The largest absolute Gasteiger partial charge is 0.446 e. The van der Waals surface area contributed by atoms with Gasteiger partial charge in [-0.3, -0.25) is 4.72 Å². The van der Waals surface area contributed by atoms with Crippen LogP contribution in [0.15, 0.2) is 45.9 Å². The van der Waals surface area contributed by atoms with Gasteiger partial charge in [-0.15, -0.1) is 0 Å². The minimum atomic E-state index is -3.71. The molecule has 108 valence electrons. The fourth-order valence-corrected chi connectivity index (χ4v) is 2.76. The van der Waals surface area contributed by atoms with E-state index >= 15 is 0 Å².